The van der Waals surface area contributed by atoms with E-state index in [-0.39, 0.29) is 20.6 Å². The van der Waals surface area contributed by atoms with E-state index in [9.17, 15) is 22.8 Å². The summed E-state index contributed by atoms with van der Waals surface area (Å²) in [5.41, 5.74) is 6.31. The van der Waals surface area contributed by atoms with Crippen LogP contribution in [-0.2, 0) is 26.8 Å². The number of benzene rings is 2. The van der Waals surface area contributed by atoms with E-state index in [1.165, 1.54) is 18.3 Å². The van der Waals surface area contributed by atoms with Crippen molar-refractivity contribution in [2.24, 2.45) is 5.73 Å². The molecule has 0 aliphatic rings. The van der Waals surface area contributed by atoms with Gasteiger partial charge in [0.05, 0.1) is 29.7 Å². The van der Waals surface area contributed by atoms with Crippen molar-refractivity contribution < 1.29 is 27.4 Å². The molecule has 0 unspecified atom stereocenters. The maximum Gasteiger partial charge on any atom is 0.416 e. The van der Waals surface area contributed by atoms with Crippen molar-refractivity contribution in [1.82, 2.24) is 15.2 Å². The Morgan fingerprint density at radius 1 is 1.10 bits per heavy atom. The second-order valence-electron chi connectivity index (χ2n) is 9.55. The molecule has 0 aliphatic heterocycles. The van der Waals surface area contributed by atoms with Gasteiger partial charge in [0.25, 0.3) is 7.48 Å². The van der Waals surface area contributed by atoms with E-state index in [4.69, 9.17) is 10.4 Å². The average Bonchev–Trinajstić information content (AvgIpc) is 2.89. The fourth-order valence-electron chi connectivity index (χ4n) is 4.09. The summed E-state index contributed by atoms with van der Waals surface area (Å²) in [7, 11) is 3.94. The molecule has 0 spiro atoms. The molecule has 2 aromatic carbocycles. The predicted octanol–water partition coefficient (Wildman–Crippen LogP) is 3.33. The van der Waals surface area contributed by atoms with Gasteiger partial charge < -0.3 is 25.9 Å². The van der Waals surface area contributed by atoms with Crippen molar-refractivity contribution in [2.75, 3.05) is 32.7 Å². The molecule has 0 fully saturated rings. The van der Waals surface area contributed by atoms with Gasteiger partial charge in [-0.25, -0.2) is 0 Å². The van der Waals surface area contributed by atoms with E-state index in [0.29, 0.717) is 17.7 Å². The lowest BCUT2D eigenvalue weighted by Crippen LogP contribution is -2.47. The SMILES string of the molecule is CN(C)CCC[C@H](BOCN)C(=O)N[C@H](Cc1ccc(C(F)(F)F)cc1)C(=O)Nc1cnc2ccccc2c1. The first-order valence-electron chi connectivity index (χ1n) is 12.6. The van der Waals surface area contributed by atoms with Crippen LogP contribution in [0.1, 0.15) is 24.0 Å². The number of fused-ring (bicyclic) bond motifs is 1. The Balaban J connectivity index is 1.80. The number of para-hydroxylation sites is 1. The first kappa shape index (κ1) is 30.1. The Labute approximate surface area is 226 Å². The molecule has 0 aliphatic carbocycles. The maximum absolute atomic E-state index is 13.4. The first-order chi connectivity index (χ1) is 18.6. The van der Waals surface area contributed by atoms with Crippen molar-refractivity contribution in [3.05, 3.63) is 71.9 Å². The maximum atomic E-state index is 13.4. The molecular formula is C27H33BF3N5O3. The number of pyridine rings is 1. The molecule has 0 bridgehead atoms. The minimum absolute atomic E-state index is 0.0150. The molecule has 3 rings (SSSR count). The number of carbonyl (C=O) groups is 2. The van der Waals surface area contributed by atoms with Crippen molar-refractivity contribution in [3.63, 3.8) is 0 Å². The van der Waals surface area contributed by atoms with Crippen LogP contribution in [0.15, 0.2) is 60.8 Å². The number of carbonyl (C=O) groups excluding carboxylic acids is 2. The number of aromatic nitrogens is 1. The van der Waals surface area contributed by atoms with Gasteiger partial charge in [-0.15, -0.1) is 0 Å². The number of nitrogens with two attached hydrogens (primary N) is 1. The molecule has 0 saturated carbocycles. The highest BCUT2D eigenvalue weighted by Crippen LogP contribution is 2.29. The summed E-state index contributed by atoms with van der Waals surface area (Å²) < 4.78 is 44.4. The summed E-state index contributed by atoms with van der Waals surface area (Å²) in [4.78, 5) is 33.0. The molecule has 12 heteroatoms. The fraction of sp³-hybridized carbons (Fsp3) is 0.370. The summed E-state index contributed by atoms with van der Waals surface area (Å²) in [6, 6.07) is 12.6. The third-order valence-electron chi connectivity index (χ3n) is 6.18. The number of rotatable bonds is 13. The lowest BCUT2D eigenvalue weighted by Gasteiger charge is -2.23. The number of nitrogens with zero attached hydrogens (tertiary/aromatic N) is 2. The van der Waals surface area contributed by atoms with E-state index in [2.05, 4.69) is 15.6 Å². The largest absolute Gasteiger partial charge is 0.427 e. The average molecular weight is 543 g/mol. The highest BCUT2D eigenvalue weighted by Gasteiger charge is 2.31. The summed E-state index contributed by atoms with van der Waals surface area (Å²) in [6.07, 6.45) is -1.75. The molecule has 1 heterocycles. The predicted molar refractivity (Wildman–Crippen MR) is 146 cm³/mol. The Kier molecular flexibility index (Phi) is 10.8. The molecule has 39 heavy (non-hydrogen) atoms. The van der Waals surface area contributed by atoms with Crippen LogP contribution in [0.5, 0.6) is 0 Å². The minimum atomic E-state index is -4.48. The second kappa shape index (κ2) is 14.1. The number of hydrogen-bond donors (Lipinski definition) is 3. The lowest BCUT2D eigenvalue weighted by molar-refractivity contribution is -0.137. The van der Waals surface area contributed by atoms with E-state index in [1.807, 2.05) is 43.3 Å². The zero-order valence-electron chi connectivity index (χ0n) is 22.0. The zero-order valence-corrected chi connectivity index (χ0v) is 22.0. The summed E-state index contributed by atoms with van der Waals surface area (Å²) in [5, 5.41) is 6.39. The fourth-order valence-corrected chi connectivity index (χ4v) is 4.09. The smallest absolute Gasteiger partial charge is 0.416 e. The molecule has 2 amide bonds. The van der Waals surface area contributed by atoms with Crippen LogP contribution in [0, 0.1) is 0 Å². The summed E-state index contributed by atoms with van der Waals surface area (Å²) >= 11 is 0. The van der Waals surface area contributed by atoms with Gasteiger partial charge in [0.1, 0.15) is 6.04 Å². The molecule has 0 radical (unpaired) electrons. The van der Waals surface area contributed by atoms with E-state index in [1.54, 1.807) is 6.07 Å². The van der Waals surface area contributed by atoms with Crippen LogP contribution in [0.25, 0.3) is 10.9 Å². The van der Waals surface area contributed by atoms with Gasteiger partial charge >= 0.3 is 6.18 Å². The van der Waals surface area contributed by atoms with Crippen LogP contribution >= 0.6 is 0 Å². The molecule has 3 aromatic rings. The molecule has 4 N–H and O–H groups in total. The number of amides is 2. The van der Waals surface area contributed by atoms with Gasteiger partial charge in [0.15, 0.2) is 0 Å². The molecule has 2 atom stereocenters. The standard InChI is InChI=1S/C27H33BF3N5O3/c1-36(2)13-5-7-22(28-39-17-32)25(37)35-24(14-18-9-11-20(12-10-18)27(29,30)31)26(38)34-21-15-19-6-3-4-8-23(19)33-16-21/h3-4,6,8-12,15-16,22,24,28H,5,7,13-14,17,32H2,1-2H3,(H,34,38)(H,35,37)/t22-,24+/m0/s1. The second-order valence-corrected chi connectivity index (χ2v) is 9.55. The summed E-state index contributed by atoms with van der Waals surface area (Å²) in [6.45, 7) is 0.707. The zero-order chi connectivity index (χ0) is 28.4. The number of hydrogen-bond acceptors (Lipinski definition) is 6. The topological polar surface area (TPSA) is 110 Å². The van der Waals surface area contributed by atoms with Gasteiger partial charge in [-0.05, 0) is 63.3 Å². The molecule has 8 nitrogen and oxygen atoms in total. The van der Waals surface area contributed by atoms with Crippen LogP contribution in [0.3, 0.4) is 0 Å². The van der Waals surface area contributed by atoms with Gasteiger partial charge in [0, 0.05) is 17.6 Å². The Hall–Kier alpha value is -3.48. The summed E-state index contributed by atoms with van der Waals surface area (Å²) in [5.74, 6) is -1.48. The van der Waals surface area contributed by atoms with Crippen LogP contribution in [0.2, 0.25) is 5.82 Å². The van der Waals surface area contributed by atoms with Crippen LogP contribution in [0.4, 0.5) is 18.9 Å². The Morgan fingerprint density at radius 2 is 1.82 bits per heavy atom. The Morgan fingerprint density at radius 3 is 2.49 bits per heavy atom. The third kappa shape index (κ3) is 9.34. The molecular weight excluding hydrogens is 510 g/mol. The molecule has 208 valence electrons. The van der Waals surface area contributed by atoms with Crippen LogP contribution < -0.4 is 16.4 Å². The third-order valence-corrected chi connectivity index (χ3v) is 6.18. The Bertz CT molecular complexity index is 1240. The van der Waals surface area contributed by atoms with Crippen molar-refractivity contribution in [3.8, 4) is 0 Å². The quantitative estimate of drug-likeness (QED) is 0.226. The van der Waals surface area contributed by atoms with Gasteiger partial charge in [-0.2, -0.15) is 13.2 Å². The van der Waals surface area contributed by atoms with E-state index < -0.39 is 35.4 Å². The van der Waals surface area contributed by atoms with Gasteiger partial charge in [0.2, 0.25) is 11.8 Å². The van der Waals surface area contributed by atoms with E-state index in [0.717, 1.165) is 36.0 Å². The molecule has 0 saturated heterocycles. The monoisotopic (exact) mass is 543 g/mol. The van der Waals surface area contributed by atoms with E-state index >= 15 is 0 Å². The normalized spacial score (nSPS) is 13.2. The number of nitrogens with one attached hydrogen (secondary N) is 2. The van der Waals surface area contributed by atoms with Gasteiger partial charge in [-0.1, -0.05) is 30.3 Å². The highest BCUT2D eigenvalue weighted by atomic mass is 19.4. The molecule has 1 aromatic heterocycles. The first-order valence-corrected chi connectivity index (χ1v) is 12.6. The minimum Gasteiger partial charge on any atom is -0.427 e. The van der Waals surface area contributed by atoms with Crippen molar-refractivity contribution >= 4 is 35.9 Å². The van der Waals surface area contributed by atoms with Crippen molar-refractivity contribution in [2.45, 2.75) is 37.3 Å². The van der Waals surface area contributed by atoms with Crippen LogP contribution in [-0.4, -0.2) is 62.6 Å². The highest BCUT2D eigenvalue weighted by molar-refractivity contribution is 6.37. The number of alkyl halides is 3. The number of halogens is 3. The lowest BCUT2D eigenvalue weighted by atomic mass is 9.75. The number of anilines is 1. The van der Waals surface area contributed by atoms with Crippen molar-refractivity contribution in [1.29, 1.82) is 0 Å². The van der Waals surface area contributed by atoms with Gasteiger partial charge in [-0.3, -0.25) is 14.6 Å².